The number of likely N-dealkylation sites (tertiary alicyclic amines) is 1. The molecule has 27 heavy (non-hydrogen) atoms. The van der Waals surface area contributed by atoms with Crippen LogP contribution in [0.25, 0.3) is 16.3 Å². The van der Waals surface area contributed by atoms with E-state index in [1.165, 1.54) is 4.70 Å². The fourth-order valence-electron chi connectivity index (χ4n) is 3.41. The largest absolute Gasteiger partial charge is 0.496 e. The van der Waals surface area contributed by atoms with Crippen molar-refractivity contribution in [3.05, 3.63) is 63.6 Å². The summed E-state index contributed by atoms with van der Waals surface area (Å²) in [6.45, 7) is 0.763. The fraction of sp³-hybridized carbons (Fsp3) is 0.238. The van der Waals surface area contributed by atoms with E-state index in [4.69, 9.17) is 9.72 Å². The SMILES string of the molecule is COc1ccc(Br)cc1C=CC(=O)N1CCCC1c1nc2ccccc2s1. The molecule has 2 heterocycles. The molecule has 0 bridgehead atoms. The van der Waals surface area contributed by atoms with Crippen molar-refractivity contribution in [2.24, 2.45) is 0 Å². The van der Waals surface area contributed by atoms with Gasteiger partial charge in [-0.3, -0.25) is 4.79 Å². The van der Waals surface area contributed by atoms with Crippen molar-refractivity contribution in [1.29, 1.82) is 0 Å². The van der Waals surface area contributed by atoms with Crippen LogP contribution in [0.4, 0.5) is 0 Å². The van der Waals surface area contributed by atoms with Gasteiger partial charge in [-0.25, -0.2) is 4.98 Å². The number of carbonyl (C=O) groups is 1. The number of amides is 1. The number of halogens is 1. The molecule has 6 heteroatoms. The van der Waals surface area contributed by atoms with Gasteiger partial charge in [0.05, 0.1) is 23.4 Å². The number of carbonyl (C=O) groups excluding carboxylic acids is 1. The van der Waals surface area contributed by atoms with Crippen molar-refractivity contribution in [3.8, 4) is 5.75 Å². The summed E-state index contributed by atoms with van der Waals surface area (Å²) >= 11 is 5.15. The molecule has 1 fully saturated rings. The van der Waals surface area contributed by atoms with E-state index in [0.29, 0.717) is 0 Å². The number of ether oxygens (including phenoxy) is 1. The number of benzene rings is 2. The standard InChI is InChI=1S/C21H19BrN2O2S/c1-26-18-10-9-15(22)13-14(18)8-11-20(25)24-12-4-6-17(24)21-23-16-5-2-3-7-19(16)27-21/h2-3,5,7-11,13,17H,4,6,12H2,1H3. The van der Waals surface area contributed by atoms with Gasteiger partial charge in [-0.05, 0) is 49.2 Å². The van der Waals surface area contributed by atoms with E-state index in [9.17, 15) is 4.79 Å². The van der Waals surface area contributed by atoms with Gasteiger partial charge >= 0.3 is 0 Å². The molecule has 4 nitrogen and oxygen atoms in total. The first-order chi connectivity index (χ1) is 13.2. The van der Waals surface area contributed by atoms with Gasteiger partial charge < -0.3 is 9.64 Å². The Hall–Kier alpha value is -2.18. The molecule has 0 N–H and O–H groups in total. The zero-order valence-corrected chi connectivity index (χ0v) is 17.3. The van der Waals surface area contributed by atoms with E-state index < -0.39 is 0 Å². The van der Waals surface area contributed by atoms with Crippen molar-refractivity contribution in [3.63, 3.8) is 0 Å². The van der Waals surface area contributed by atoms with Gasteiger partial charge in [-0.1, -0.05) is 28.1 Å². The van der Waals surface area contributed by atoms with Crippen LogP contribution in [-0.4, -0.2) is 29.4 Å². The number of rotatable bonds is 4. The maximum Gasteiger partial charge on any atom is 0.247 e. The van der Waals surface area contributed by atoms with Gasteiger partial charge in [0.2, 0.25) is 5.91 Å². The molecule has 138 valence electrons. The molecule has 1 saturated heterocycles. The van der Waals surface area contributed by atoms with Gasteiger partial charge in [0.25, 0.3) is 0 Å². The number of nitrogens with zero attached hydrogens (tertiary/aromatic N) is 2. The number of hydrogen-bond acceptors (Lipinski definition) is 4. The molecule has 3 aromatic rings. The summed E-state index contributed by atoms with van der Waals surface area (Å²) in [5, 5.41) is 1.02. The van der Waals surface area contributed by atoms with Crippen molar-refractivity contribution >= 4 is 49.5 Å². The van der Waals surface area contributed by atoms with Crippen molar-refractivity contribution in [2.45, 2.75) is 18.9 Å². The topological polar surface area (TPSA) is 42.4 Å². The molecule has 0 radical (unpaired) electrons. The third-order valence-corrected chi connectivity index (χ3v) is 6.36. The first-order valence-corrected chi connectivity index (χ1v) is 10.4. The first-order valence-electron chi connectivity index (χ1n) is 8.83. The molecule has 1 atom stereocenters. The second-order valence-electron chi connectivity index (χ2n) is 6.43. The number of hydrogen-bond donors (Lipinski definition) is 0. The van der Waals surface area contributed by atoms with E-state index in [2.05, 4.69) is 22.0 Å². The number of methoxy groups -OCH3 is 1. The average Bonchev–Trinajstić information content (AvgIpc) is 3.32. The highest BCUT2D eigenvalue weighted by molar-refractivity contribution is 9.10. The molecule has 4 rings (SSSR count). The van der Waals surface area contributed by atoms with E-state index in [0.717, 1.165) is 45.7 Å². The van der Waals surface area contributed by atoms with Gasteiger partial charge in [0.1, 0.15) is 10.8 Å². The summed E-state index contributed by atoms with van der Waals surface area (Å²) in [6, 6.07) is 13.9. The van der Waals surface area contributed by atoms with Gasteiger partial charge in [-0.2, -0.15) is 0 Å². The summed E-state index contributed by atoms with van der Waals surface area (Å²) in [7, 11) is 1.63. The average molecular weight is 443 g/mol. The summed E-state index contributed by atoms with van der Waals surface area (Å²) in [5.74, 6) is 0.755. The lowest BCUT2D eigenvalue weighted by Crippen LogP contribution is -2.28. The molecule has 1 amide bonds. The number of para-hydroxylation sites is 1. The van der Waals surface area contributed by atoms with Gasteiger partial charge in [0, 0.05) is 22.7 Å². The van der Waals surface area contributed by atoms with E-state index in [1.807, 2.05) is 47.4 Å². The minimum atomic E-state index is 0.0128. The number of aromatic nitrogens is 1. The Morgan fingerprint density at radius 2 is 2.19 bits per heavy atom. The van der Waals surface area contributed by atoms with Crippen LogP contribution in [-0.2, 0) is 4.79 Å². The van der Waals surface area contributed by atoms with E-state index in [1.54, 1.807) is 24.5 Å². The molecule has 1 aromatic heterocycles. The summed E-state index contributed by atoms with van der Waals surface area (Å²) in [6.07, 6.45) is 5.41. The monoisotopic (exact) mass is 442 g/mol. The maximum absolute atomic E-state index is 12.9. The van der Waals surface area contributed by atoms with Crippen LogP contribution in [0.5, 0.6) is 5.75 Å². The van der Waals surface area contributed by atoms with Crippen molar-refractivity contribution in [2.75, 3.05) is 13.7 Å². The Kier molecular flexibility index (Phi) is 5.27. The number of fused-ring (bicyclic) bond motifs is 1. The van der Waals surface area contributed by atoms with Crippen LogP contribution in [0.2, 0.25) is 0 Å². The lowest BCUT2D eigenvalue weighted by Gasteiger charge is -2.21. The second kappa shape index (κ2) is 7.82. The van der Waals surface area contributed by atoms with Gasteiger partial charge in [0.15, 0.2) is 0 Å². The molecule has 0 spiro atoms. The lowest BCUT2D eigenvalue weighted by atomic mass is 10.2. The third kappa shape index (κ3) is 3.77. The Bertz CT molecular complexity index is 981. The van der Waals surface area contributed by atoms with E-state index >= 15 is 0 Å². The molecule has 1 aliphatic heterocycles. The van der Waals surface area contributed by atoms with Crippen LogP contribution < -0.4 is 4.74 Å². The summed E-state index contributed by atoms with van der Waals surface area (Å²) in [4.78, 5) is 19.6. The lowest BCUT2D eigenvalue weighted by molar-refractivity contribution is -0.126. The predicted molar refractivity (Wildman–Crippen MR) is 113 cm³/mol. The van der Waals surface area contributed by atoms with Crippen LogP contribution >= 0.6 is 27.3 Å². The highest BCUT2D eigenvalue weighted by atomic mass is 79.9. The molecule has 0 saturated carbocycles. The normalized spacial score (nSPS) is 17.1. The molecular weight excluding hydrogens is 424 g/mol. The highest BCUT2D eigenvalue weighted by Gasteiger charge is 2.31. The molecule has 0 aliphatic carbocycles. The van der Waals surface area contributed by atoms with Gasteiger partial charge in [-0.15, -0.1) is 11.3 Å². The Balaban J connectivity index is 1.56. The van der Waals surface area contributed by atoms with Crippen molar-refractivity contribution < 1.29 is 9.53 Å². The van der Waals surface area contributed by atoms with Crippen LogP contribution in [0.1, 0.15) is 29.5 Å². The Morgan fingerprint density at radius 1 is 1.33 bits per heavy atom. The molecule has 1 aliphatic rings. The minimum Gasteiger partial charge on any atom is -0.496 e. The molecule has 2 aromatic carbocycles. The van der Waals surface area contributed by atoms with Crippen LogP contribution in [0, 0.1) is 0 Å². The minimum absolute atomic E-state index is 0.0128. The number of thiazole rings is 1. The van der Waals surface area contributed by atoms with Crippen LogP contribution in [0.15, 0.2) is 53.0 Å². The third-order valence-electron chi connectivity index (χ3n) is 4.73. The summed E-state index contributed by atoms with van der Waals surface area (Å²) < 4.78 is 7.49. The van der Waals surface area contributed by atoms with Crippen LogP contribution in [0.3, 0.4) is 0 Å². The summed E-state index contributed by atoms with van der Waals surface area (Å²) in [5.41, 5.74) is 1.88. The fourth-order valence-corrected chi connectivity index (χ4v) is 4.91. The quantitative estimate of drug-likeness (QED) is 0.504. The Morgan fingerprint density at radius 3 is 3.00 bits per heavy atom. The molecule has 1 unspecified atom stereocenters. The molecular formula is C21H19BrN2O2S. The zero-order chi connectivity index (χ0) is 18.8. The maximum atomic E-state index is 12.9. The van der Waals surface area contributed by atoms with E-state index in [-0.39, 0.29) is 11.9 Å². The Labute approximate surface area is 170 Å². The first kappa shape index (κ1) is 18.2. The second-order valence-corrected chi connectivity index (χ2v) is 8.41. The highest BCUT2D eigenvalue weighted by Crippen LogP contribution is 2.36. The predicted octanol–water partition coefficient (Wildman–Crippen LogP) is 5.44. The zero-order valence-electron chi connectivity index (χ0n) is 14.9. The van der Waals surface area contributed by atoms with Crippen molar-refractivity contribution in [1.82, 2.24) is 9.88 Å². The smallest absolute Gasteiger partial charge is 0.247 e.